The first-order valence-corrected chi connectivity index (χ1v) is 34.9. The second-order valence-electron chi connectivity index (χ2n) is 23.4. The molecule has 0 bridgehead atoms. The van der Waals surface area contributed by atoms with Gasteiger partial charge in [-0.2, -0.15) is 0 Å². The van der Waals surface area contributed by atoms with E-state index < -0.39 is 6.10 Å². The van der Waals surface area contributed by atoms with Gasteiger partial charge in [-0.1, -0.05) is 344 Å². The highest BCUT2D eigenvalue weighted by Crippen LogP contribution is 2.18. The molecule has 0 aliphatic carbocycles. The van der Waals surface area contributed by atoms with Gasteiger partial charge in [0.15, 0.2) is 6.10 Å². The molecular formula is C74H132O6. The highest BCUT2D eigenvalue weighted by atomic mass is 16.6. The van der Waals surface area contributed by atoms with Crippen LogP contribution in [0.5, 0.6) is 0 Å². The third-order valence-electron chi connectivity index (χ3n) is 15.5. The van der Waals surface area contributed by atoms with Crippen LogP contribution in [0.4, 0.5) is 0 Å². The molecule has 0 aliphatic heterocycles. The first kappa shape index (κ1) is 76.9. The summed E-state index contributed by atoms with van der Waals surface area (Å²) in [5.74, 6) is -0.864. The van der Waals surface area contributed by atoms with Gasteiger partial charge in [-0.15, -0.1) is 0 Å². The van der Waals surface area contributed by atoms with Crippen LogP contribution in [0.2, 0.25) is 0 Å². The third kappa shape index (κ3) is 65.7. The highest BCUT2D eigenvalue weighted by molar-refractivity contribution is 5.71. The number of hydrogen-bond acceptors (Lipinski definition) is 6. The maximum Gasteiger partial charge on any atom is 0.306 e. The van der Waals surface area contributed by atoms with Gasteiger partial charge < -0.3 is 14.2 Å². The molecule has 0 aromatic heterocycles. The monoisotopic (exact) mass is 1120 g/mol. The number of hydrogen-bond donors (Lipinski definition) is 0. The van der Waals surface area contributed by atoms with Gasteiger partial charge in [0, 0.05) is 19.3 Å². The Morgan fingerprint density at radius 1 is 0.263 bits per heavy atom. The van der Waals surface area contributed by atoms with Gasteiger partial charge in [0.2, 0.25) is 0 Å². The van der Waals surface area contributed by atoms with Crippen LogP contribution in [-0.4, -0.2) is 37.2 Å². The molecule has 1 atom stereocenters. The van der Waals surface area contributed by atoms with Crippen LogP contribution in [0.3, 0.4) is 0 Å². The lowest BCUT2D eigenvalue weighted by molar-refractivity contribution is -0.167. The summed E-state index contributed by atoms with van der Waals surface area (Å²) in [4.78, 5) is 38.3. The van der Waals surface area contributed by atoms with E-state index in [1.807, 2.05) is 0 Å². The number of carbonyl (C=O) groups is 3. The second-order valence-corrected chi connectivity index (χ2v) is 23.4. The van der Waals surface area contributed by atoms with Gasteiger partial charge in [-0.05, 0) is 70.6 Å². The van der Waals surface area contributed by atoms with E-state index in [9.17, 15) is 14.4 Å². The second kappa shape index (κ2) is 68.3. The summed E-state index contributed by atoms with van der Waals surface area (Å²) in [6.45, 7) is 6.55. The Bertz CT molecular complexity index is 1470. The molecule has 0 saturated carbocycles. The molecule has 0 spiro atoms. The van der Waals surface area contributed by atoms with E-state index >= 15 is 0 Å². The van der Waals surface area contributed by atoms with Crippen molar-refractivity contribution in [2.75, 3.05) is 13.2 Å². The number of unbranched alkanes of at least 4 members (excludes halogenated alkanes) is 41. The van der Waals surface area contributed by atoms with Gasteiger partial charge >= 0.3 is 17.9 Å². The number of allylic oxidation sites excluding steroid dienone is 12. The van der Waals surface area contributed by atoms with E-state index in [0.717, 1.165) is 103 Å². The quantitative estimate of drug-likeness (QED) is 0.0261. The van der Waals surface area contributed by atoms with E-state index in [0.29, 0.717) is 19.3 Å². The number of esters is 3. The fraction of sp³-hybridized carbons (Fsp3) is 0.797. The van der Waals surface area contributed by atoms with Crippen molar-refractivity contribution in [3.8, 4) is 0 Å². The van der Waals surface area contributed by atoms with Crippen molar-refractivity contribution in [3.63, 3.8) is 0 Å². The van der Waals surface area contributed by atoms with Crippen LogP contribution < -0.4 is 0 Å². The molecule has 1 unspecified atom stereocenters. The Kier molecular flexibility index (Phi) is 65.7. The summed E-state index contributed by atoms with van der Waals surface area (Å²) in [5.41, 5.74) is 0. The van der Waals surface area contributed by atoms with Gasteiger partial charge in [0.05, 0.1) is 0 Å². The average Bonchev–Trinajstić information content (AvgIpc) is 3.46. The molecule has 0 fully saturated rings. The molecule has 80 heavy (non-hydrogen) atoms. The maximum absolute atomic E-state index is 12.9. The number of rotatable bonds is 64. The van der Waals surface area contributed by atoms with E-state index in [4.69, 9.17) is 14.2 Å². The molecule has 464 valence electrons. The Labute approximate surface area is 497 Å². The molecule has 0 amide bonds. The number of ether oxygens (including phenoxy) is 3. The van der Waals surface area contributed by atoms with Crippen molar-refractivity contribution in [3.05, 3.63) is 72.9 Å². The molecule has 0 aromatic rings. The first-order chi connectivity index (χ1) is 39.5. The van der Waals surface area contributed by atoms with Crippen LogP contribution in [0, 0.1) is 0 Å². The van der Waals surface area contributed by atoms with Crippen LogP contribution >= 0.6 is 0 Å². The zero-order chi connectivity index (χ0) is 57.8. The standard InChI is InChI=1S/C74H132O6/c1-4-7-10-13-16-19-21-23-25-27-29-31-33-35-37-39-40-42-44-46-48-50-52-55-58-61-64-67-73(76)79-70-71(69-78-72(75)66-63-60-57-54-18-15-12-9-6-3)80-74(77)68-65-62-59-56-53-51-49-47-45-43-41-38-36-34-32-30-28-26-24-22-20-17-14-11-8-5-2/h7,10,16,19,23,25,29,31,35,37,40,42,71H,4-6,8-9,11-15,17-18,20-22,24,26-28,30,32-34,36,38-39,41,43-70H2,1-3H3/b10-7-,19-16-,25-23-,31-29-,37-35-,42-40-. The SMILES string of the molecule is CC/C=C\C/C=C\C/C=C\C/C=C\C/C=C\C/C=C\CCCCCCCCCCC(=O)OCC(COC(=O)CCCCCCCCCCC)OC(=O)CCCCCCCCCCCCCCCCCCCCCCCCCCCC. The van der Waals surface area contributed by atoms with E-state index in [1.165, 1.54) is 218 Å². The van der Waals surface area contributed by atoms with Gasteiger partial charge in [-0.25, -0.2) is 0 Å². The summed E-state index contributed by atoms with van der Waals surface area (Å²) >= 11 is 0. The minimum atomic E-state index is -0.776. The Hall–Kier alpha value is -3.15. The van der Waals surface area contributed by atoms with Crippen molar-refractivity contribution in [1.29, 1.82) is 0 Å². The lowest BCUT2D eigenvalue weighted by Crippen LogP contribution is -2.30. The molecule has 0 saturated heterocycles. The zero-order valence-corrected chi connectivity index (χ0v) is 53.3. The van der Waals surface area contributed by atoms with Crippen LogP contribution in [-0.2, 0) is 28.6 Å². The van der Waals surface area contributed by atoms with Crippen LogP contribution in [0.25, 0.3) is 0 Å². The van der Waals surface area contributed by atoms with Crippen molar-refractivity contribution in [1.82, 2.24) is 0 Å². The summed E-state index contributed by atoms with van der Waals surface area (Å²) < 4.78 is 16.9. The summed E-state index contributed by atoms with van der Waals surface area (Å²) in [6.07, 6.45) is 89.4. The van der Waals surface area contributed by atoms with Gasteiger partial charge in [0.1, 0.15) is 13.2 Å². The summed E-state index contributed by atoms with van der Waals surface area (Å²) in [6, 6.07) is 0. The van der Waals surface area contributed by atoms with Crippen LogP contribution in [0.15, 0.2) is 72.9 Å². The molecule has 6 heteroatoms. The fourth-order valence-corrected chi connectivity index (χ4v) is 10.3. The molecule has 0 radical (unpaired) electrons. The lowest BCUT2D eigenvalue weighted by Gasteiger charge is -2.18. The van der Waals surface area contributed by atoms with Crippen molar-refractivity contribution in [2.24, 2.45) is 0 Å². The average molecular weight is 1120 g/mol. The molecule has 0 rings (SSSR count). The molecule has 0 aromatic carbocycles. The van der Waals surface area contributed by atoms with Crippen molar-refractivity contribution in [2.45, 2.75) is 367 Å². The van der Waals surface area contributed by atoms with E-state index in [1.54, 1.807) is 0 Å². The van der Waals surface area contributed by atoms with E-state index in [2.05, 4.69) is 93.7 Å². The Morgan fingerprint density at radius 3 is 0.762 bits per heavy atom. The molecule has 6 nitrogen and oxygen atoms in total. The maximum atomic E-state index is 12.9. The van der Waals surface area contributed by atoms with Gasteiger partial charge in [-0.3, -0.25) is 14.4 Å². The minimum absolute atomic E-state index is 0.0732. The molecule has 0 aliphatic rings. The Morgan fingerprint density at radius 2 is 0.487 bits per heavy atom. The Balaban J connectivity index is 4.16. The topological polar surface area (TPSA) is 78.9 Å². The predicted octanol–water partition coefficient (Wildman–Crippen LogP) is 24.1. The fourth-order valence-electron chi connectivity index (χ4n) is 10.3. The van der Waals surface area contributed by atoms with Crippen LogP contribution in [0.1, 0.15) is 361 Å². The highest BCUT2D eigenvalue weighted by Gasteiger charge is 2.19. The normalized spacial score (nSPS) is 12.5. The smallest absolute Gasteiger partial charge is 0.306 e. The largest absolute Gasteiger partial charge is 0.462 e. The molecular weight excluding hydrogens is 985 g/mol. The third-order valence-corrected chi connectivity index (χ3v) is 15.5. The zero-order valence-electron chi connectivity index (χ0n) is 53.3. The minimum Gasteiger partial charge on any atom is -0.462 e. The molecule has 0 N–H and O–H groups in total. The van der Waals surface area contributed by atoms with E-state index in [-0.39, 0.29) is 31.1 Å². The summed E-state index contributed by atoms with van der Waals surface area (Å²) in [5, 5.41) is 0. The van der Waals surface area contributed by atoms with Crippen molar-refractivity contribution < 1.29 is 28.6 Å². The van der Waals surface area contributed by atoms with Crippen molar-refractivity contribution >= 4 is 17.9 Å². The summed E-state index contributed by atoms with van der Waals surface area (Å²) in [7, 11) is 0. The predicted molar refractivity (Wildman–Crippen MR) is 348 cm³/mol. The first-order valence-electron chi connectivity index (χ1n) is 34.9. The molecule has 0 heterocycles. The number of carbonyl (C=O) groups excluding carboxylic acids is 3. The lowest BCUT2D eigenvalue weighted by atomic mass is 10.0. The van der Waals surface area contributed by atoms with Gasteiger partial charge in [0.25, 0.3) is 0 Å².